The fourth-order valence-electron chi connectivity index (χ4n) is 4.80. The molecule has 2 unspecified atom stereocenters. The number of aromatic nitrogens is 2. The predicted octanol–water partition coefficient (Wildman–Crippen LogP) is 3.79. The van der Waals surface area contributed by atoms with E-state index in [2.05, 4.69) is 9.97 Å². The van der Waals surface area contributed by atoms with Crippen molar-refractivity contribution in [2.75, 3.05) is 37.6 Å². The average molecular weight is 567 g/mol. The van der Waals surface area contributed by atoms with E-state index in [0.717, 1.165) is 4.90 Å². The highest BCUT2D eigenvalue weighted by molar-refractivity contribution is 5.93. The molecule has 2 saturated heterocycles. The van der Waals surface area contributed by atoms with Gasteiger partial charge in [0, 0.05) is 37.5 Å². The Kier molecular flexibility index (Phi) is 8.07. The van der Waals surface area contributed by atoms with Crippen molar-refractivity contribution >= 4 is 29.1 Å². The summed E-state index contributed by atoms with van der Waals surface area (Å²) in [6, 6.07) is 5.11. The van der Waals surface area contributed by atoms with Crippen LogP contribution < -0.4 is 4.90 Å². The van der Waals surface area contributed by atoms with E-state index in [9.17, 15) is 28.0 Å². The van der Waals surface area contributed by atoms with Gasteiger partial charge in [0.15, 0.2) is 18.0 Å². The lowest BCUT2D eigenvalue weighted by Crippen LogP contribution is -2.60. The number of carbonyl (C=O) groups is 2. The van der Waals surface area contributed by atoms with Crippen LogP contribution in [0.15, 0.2) is 24.5 Å². The van der Waals surface area contributed by atoms with Gasteiger partial charge in [-0.2, -0.15) is 18.4 Å². The number of fused-ring (bicyclic) bond motifs is 1. The lowest BCUT2D eigenvalue weighted by atomic mass is 9.92. The first-order valence-electron chi connectivity index (χ1n) is 12.7. The van der Waals surface area contributed by atoms with Gasteiger partial charge in [-0.3, -0.25) is 9.78 Å². The molecule has 2 aliphatic rings. The van der Waals surface area contributed by atoms with Crippen molar-refractivity contribution < 1.29 is 36.6 Å². The van der Waals surface area contributed by atoms with Crippen molar-refractivity contribution in [3.63, 3.8) is 0 Å². The van der Waals surface area contributed by atoms with E-state index in [-0.39, 0.29) is 55.8 Å². The quantitative estimate of drug-likeness (QED) is 0.397. The van der Waals surface area contributed by atoms with Gasteiger partial charge in [0.05, 0.1) is 31.5 Å². The van der Waals surface area contributed by atoms with E-state index < -0.39 is 49.0 Å². The Balaban J connectivity index is 1.54. The number of halogens is 4. The molecule has 4 rings (SSSR count). The van der Waals surface area contributed by atoms with Gasteiger partial charge in [-0.25, -0.2) is 14.2 Å². The van der Waals surface area contributed by atoms with Crippen molar-refractivity contribution in [3.05, 3.63) is 30.2 Å². The van der Waals surface area contributed by atoms with E-state index in [1.807, 2.05) is 6.07 Å². The fourth-order valence-corrected chi connectivity index (χ4v) is 4.80. The molecular formula is C26H30F4N6O4. The van der Waals surface area contributed by atoms with E-state index in [0.29, 0.717) is 5.39 Å². The van der Waals surface area contributed by atoms with Gasteiger partial charge < -0.3 is 24.2 Å². The number of likely N-dealkylation sites (tertiary alicyclic amines) is 1. The molecule has 0 bridgehead atoms. The first-order chi connectivity index (χ1) is 18.7. The summed E-state index contributed by atoms with van der Waals surface area (Å²) in [7, 11) is 0. The Hall–Kier alpha value is -3.73. The molecule has 0 aromatic carbocycles. The number of morpholine rings is 1. The topological polar surface area (TPSA) is 112 Å². The van der Waals surface area contributed by atoms with Crippen LogP contribution in [-0.4, -0.2) is 94.8 Å². The third-order valence-corrected chi connectivity index (χ3v) is 6.80. The Labute approximate surface area is 228 Å². The standard InChI is InChI=1S/C26H30F4N6O4/c1-24(2,3)40-23(38)34-9-6-25(27,7-10-34)15-36(16-37)21-14-35(13-20(39-21)26(28,29)30)19-12-33-18(11-31)22-17(19)5-4-8-32-22/h4-5,8,12,16,20-21H,6-7,9-10,13-15H2,1-3H3. The largest absolute Gasteiger partial charge is 0.444 e. The number of pyridine rings is 2. The maximum atomic E-state index is 15.9. The molecule has 2 fully saturated rings. The molecular weight excluding hydrogens is 536 g/mol. The van der Waals surface area contributed by atoms with Gasteiger partial charge in [-0.15, -0.1) is 0 Å². The molecule has 2 amide bonds. The number of alkyl halides is 4. The molecule has 2 aromatic heterocycles. The van der Waals surface area contributed by atoms with Gasteiger partial charge in [-0.1, -0.05) is 0 Å². The van der Waals surface area contributed by atoms with Crippen LogP contribution in [0.4, 0.5) is 28.0 Å². The zero-order chi connectivity index (χ0) is 29.3. The van der Waals surface area contributed by atoms with Crippen LogP contribution >= 0.6 is 0 Å². The van der Waals surface area contributed by atoms with Gasteiger partial charge in [-0.05, 0) is 32.9 Å². The lowest BCUT2D eigenvalue weighted by Gasteiger charge is -2.45. The second-order valence-electron chi connectivity index (χ2n) is 10.9. The second kappa shape index (κ2) is 11.0. The predicted molar refractivity (Wildman–Crippen MR) is 135 cm³/mol. The highest BCUT2D eigenvalue weighted by Crippen LogP contribution is 2.35. The van der Waals surface area contributed by atoms with Gasteiger partial charge in [0.1, 0.15) is 22.9 Å². The van der Waals surface area contributed by atoms with Crippen LogP contribution in [-0.2, 0) is 14.3 Å². The normalized spacial score (nSPS) is 21.6. The summed E-state index contributed by atoms with van der Waals surface area (Å²) in [5, 5.41) is 9.77. The molecule has 0 aliphatic carbocycles. The molecule has 14 heteroatoms. The summed E-state index contributed by atoms with van der Waals surface area (Å²) >= 11 is 0. The first-order valence-corrected chi connectivity index (χ1v) is 12.7. The molecule has 0 spiro atoms. The third kappa shape index (κ3) is 6.52. The Morgan fingerprint density at radius 2 is 1.98 bits per heavy atom. The molecule has 0 radical (unpaired) electrons. The molecule has 10 nitrogen and oxygen atoms in total. The van der Waals surface area contributed by atoms with Crippen molar-refractivity contribution in [2.45, 2.75) is 63.4 Å². The van der Waals surface area contributed by atoms with Gasteiger partial charge >= 0.3 is 12.3 Å². The Bertz CT molecular complexity index is 1290. The molecule has 40 heavy (non-hydrogen) atoms. The van der Waals surface area contributed by atoms with Gasteiger partial charge in [0.2, 0.25) is 6.41 Å². The van der Waals surface area contributed by atoms with Crippen LogP contribution in [0.2, 0.25) is 0 Å². The minimum absolute atomic E-state index is 0.0168. The average Bonchev–Trinajstić information content (AvgIpc) is 2.89. The molecule has 216 valence electrons. The fraction of sp³-hybridized carbons (Fsp3) is 0.577. The zero-order valence-electron chi connectivity index (χ0n) is 22.3. The van der Waals surface area contributed by atoms with Crippen molar-refractivity contribution in [3.8, 4) is 6.07 Å². The summed E-state index contributed by atoms with van der Waals surface area (Å²) in [5.41, 5.74) is -2.16. The summed E-state index contributed by atoms with van der Waals surface area (Å²) < 4.78 is 68.3. The van der Waals surface area contributed by atoms with Crippen molar-refractivity contribution in [1.29, 1.82) is 5.26 Å². The van der Waals surface area contributed by atoms with E-state index in [4.69, 9.17) is 9.47 Å². The molecule has 2 aliphatic heterocycles. The minimum Gasteiger partial charge on any atom is -0.444 e. The number of piperidine rings is 1. The number of hydrogen-bond acceptors (Lipinski definition) is 8. The van der Waals surface area contributed by atoms with Crippen LogP contribution in [0.1, 0.15) is 39.3 Å². The third-order valence-electron chi connectivity index (χ3n) is 6.80. The van der Waals surface area contributed by atoms with Crippen LogP contribution in [0, 0.1) is 11.3 Å². The Morgan fingerprint density at radius 3 is 2.58 bits per heavy atom. The summed E-state index contributed by atoms with van der Waals surface area (Å²) in [4.78, 5) is 36.2. The maximum Gasteiger partial charge on any atom is 0.416 e. The number of ether oxygens (including phenoxy) is 2. The summed E-state index contributed by atoms with van der Waals surface area (Å²) in [6.45, 7) is 3.86. The Morgan fingerprint density at radius 1 is 1.27 bits per heavy atom. The van der Waals surface area contributed by atoms with E-state index in [1.54, 1.807) is 32.9 Å². The second-order valence-corrected chi connectivity index (χ2v) is 10.9. The monoisotopic (exact) mass is 566 g/mol. The van der Waals surface area contributed by atoms with Crippen LogP contribution in [0.3, 0.4) is 0 Å². The number of anilines is 1. The molecule has 0 saturated carbocycles. The number of amides is 2. The molecule has 2 atom stereocenters. The molecule has 2 aromatic rings. The SMILES string of the molecule is CC(C)(C)OC(=O)N1CCC(F)(CN(C=O)C2CN(c3cnc(C#N)c4ncccc34)CC(C(F)(F)F)O2)CC1. The van der Waals surface area contributed by atoms with E-state index in [1.165, 1.54) is 22.2 Å². The van der Waals surface area contributed by atoms with Gasteiger partial charge in [0.25, 0.3) is 0 Å². The molecule has 0 N–H and O–H groups in total. The smallest absolute Gasteiger partial charge is 0.416 e. The molecule has 4 heterocycles. The number of nitrogens with zero attached hydrogens (tertiary/aromatic N) is 6. The summed E-state index contributed by atoms with van der Waals surface area (Å²) in [6.07, 6.45) is -6.33. The minimum atomic E-state index is -4.77. The lowest BCUT2D eigenvalue weighted by molar-refractivity contribution is -0.252. The number of rotatable bonds is 5. The maximum absolute atomic E-state index is 15.9. The zero-order valence-corrected chi connectivity index (χ0v) is 22.3. The van der Waals surface area contributed by atoms with Crippen molar-refractivity contribution in [2.24, 2.45) is 0 Å². The first kappa shape index (κ1) is 29.3. The number of carbonyl (C=O) groups excluding carboxylic acids is 2. The van der Waals surface area contributed by atoms with Crippen LogP contribution in [0.5, 0.6) is 0 Å². The van der Waals surface area contributed by atoms with E-state index >= 15 is 4.39 Å². The number of hydrogen-bond donors (Lipinski definition) is 0. The van der Waals surface area contributed by atoms with Crippen LogP contribution in [0.25, 0.3) is 10.9 Å². The highest BCUT2D eigenvalue weighted by atomic mass is 19.4. The summed E-state index contributed by atoms with van der Waals surface area (Å²) in [5.74, 6) is 0. The highest BCUT2D eigenvalue weighted by Gasteiger charge is 2.48. The van der Waals surface area contributed by atoms with Crippen molar-refractivity contribution in [1.82, 2.24) is 19.8 Å². The number of nitriles is 1.